The van der Waals surface area contributed by atoms with Gasteiger partial charge >= 0.3 is 0 Å². The normalized spacial score (nSPS) is 29.4. The Morgan fingerprint density at radius 1 is 2.00 bits per heavy atom. The van der Waals surface area contributed by atoms with Gasteiger partial charge < -0.3 is 4.84 Å². The van der Waals surface area contributed by atoms with Crippen LogP contribution in [0.25, 0.3) is 0 Å². The van der Waals surface area contributed by atoms with E-state index in [4.69, 9.17) is 5.73 Å². The van der Waals surface area contributed by atoms with Gasteiger partial charge in [0, 0.05) is 0 Å². The lowest BCUT2D eigenvalue weighted by molar-refractivity contribution is 0.0907. The zero-order valence-electron chi connectivity index (χ0n) is 3.60. The lowest BCUT2D eigenvalue weighted by Crippen LogP contribution is -2.17. The molecule has 0 amide bonds. The molecule has 1 atom stereocenters. The van der Waals surface area contributed by atoms with Gasteiger partial charge in [-0.25, -0.2) is 0 Å². The maximum atomic E-state index is 5.26. The van der Waals surface area contributed by atoms with E-state index >= 15 is 0 Å². The van der Waals surface area contributed by atoms with Gasteiger partial charge in [-0.2, -0.15) is 0 Å². The van der Waals surface area contributed by atoms with Crippen LogP contribution in [0.2, 0.25) is 0 Å². The smallest absolute Gasteiger partial charge is 0.182 e. The predicted molar refractivity (Wildman–Crippen MR) is 30.0 cm³/mol. The standard InChI is InChI=1S/C3H5BrN2O/c4-2-1-3(5)7-6-2/h3H,1,5H2/t3-/m1/s1. The highest BCUT2D eigenvalue weighted by Gasteiger charge is 2.12. The molecule has 3 nitrogen and oxygen atoms in total. The molecule has 40 valence electrons. The zero-order valence-corrected chi connectivity index (χ0v) is 5.18. The van der Waals surface area contributed by atoms with Crippen LogP contribution < -0.4 is 5.73 Å². The van der Waals surface area contributed by atoms with Crippen LogP contribution in [0, 0.1) is 0 Å². The lowest BCUT2D eigenvalue weighted by atomic mass is 10.4. The molecule has 2 N–H and O–H groups in total. The second-order valence-electron chi connectivity index (χ2n) is 1.32. The molecule has 0 bridgehead atoms. The molecule has 0 aromatic heterocycles. The molecule has 0 aromatic carbocycles. The monoisotopic (exact) mass is 164 g/mol. The van der Waals surface area contributed by atoms with Gasteiger partial charge in [0.1, 0.15) is 4.62 Å². The Hall–Kier alpha value is -0.0900. The van der Waals surface area contributed by atoms with E-state index in [0.29, 0.717) is 6.42 Å². The first-order valence-corrected chi connectivity index (χ1v) is 2.72. The van der Waals surface area contributed by atoms with Gasteiger partial charge in [-0.3, -0.25) is 5.73 Å². The minimum Gasteiger partial charge on any atom is -0.376 e. The minimum atomic E-state index is -0.227. The highest BCUT2D eigenvalue weighted by atomic mass is 79.9. The molecule has 0 radical (unpaired) electrons. The van der Waals surface area contributed by atoms with Crippen LogP contribution in [-0.4, -0.2) is 10.8 Å². The molecule has 1 aliphatic heterocycles. The number of rotatable bonds is 0. The van der Waals surface area contributed by atoms with Gasteiger partial charge in [-0.1, -0.05) is 5.16 Å². The molecule has 0 aliphatic carbocycles. The van der Waals surface area contributed by atoms with Crippen molar-refractivity contribution in [3.63, 3.8) is 0 Å². The molecule has 0 aromatic rings. The van der Waals surface area contributed by atoms with E-state index in [1.165, 1.54) is 0 Å². The highest BCUT2D eigenvalue weighted by molar-refractivity contribution is 9.18. The largest absolute Gasteiger partial charge is 0.376 e. The summed E-state index contributed by atoms with van der Waals surface area (Å²) in [6, 6.07) is 0. The summed E-state index contributed by atoms with van der Waals surface area (Å²) in [5.41, 5.74) is 5.26. The van der Waals surface area contributed by atoms with Crippen molar-refractivity contribution in [2.45, 2.75) is 12.6 Å². The summed E-state index contributed by atoms with van der Waals surface area (Å²) in [6.07, 6.45) is 0.467. The van der Waals surface area contributed by atoms with Crippen molar-refractivity contribution >= 4 is 20.6 Å². The molecule has 4 heteroatoms. The predicted octanol–water partition coefficient (Wildman–Crippen LogP) is 0.400. The van der Waals surface area contributed by atoms with Gasteiger partial charge in [0.25, 0.3) is 0 Å². The molecular weight excluding hydrogens is 160 g/mol. The topological polar surface area (TPSA) is 47.6 Å². The van der Waals surface area contributed by atoms with E-state index in [2.05, 4.69) is 25.9 Å². The van der Waals surface area contributed by atoms with Crippen LogP contribution >= 0.6 is 15.9 Å². The van der Waals surface area contributed by atoms with Gasteiger partial charge in [-0.05, 0) is 15.9 Å². The number of halogens is 1. The molecular formula is C3H5BrN2O. The number of hydrogen-bond acceptors (Lipinski definition) is 3. The first-order chi connectivity index (χ1) is 3.29. The summed E-state index contributed by atoms with van der Waals surface area (Å²) >= 11 is 3.12. The number of nitrogens with zero attached hydrogens (tertiary/aromatic N) is 1. The average Bonchev–Trinajstić information content (AvgIpc) is 1.87. The fourth-order valence-corrected chi connectivity index (χ4v) is 0.768. The summed E-state index contributed by atoms with van der Waals surface area (Å²) in [4.78, 5) is 4.58. The first-order valence-electron chi connectivity index (χ1n) is 1.93. The Labute approximate surface area is 49.6 Å². The summed E-state index contributed by atoms with van der Waals surface area (Å²) in [5.74, 6) is 0. The molecule has 0 saturated carbocycles. The van der Waals surface area contributed by atoms with Crippen LogP contribution in [0.1, 0.15) is 6.42 Å². The first kappa shape index (κ1) is 5.05. The molecule has 1 aliphatic rings. The Morgan fingerprint density at radius 3 is 2.86 bits per heavy atom. The third kappa shape index (κ3) is 1.14. The SMILES string of the molecule is N[C@H]1CC(Br)=NO1. The quantitative estimate of drug-likeness (QED) is 0.564. The Morgan fingerprint density at radius 2 is 2.71 bits per heavy atom. The zero-order chi connectivity index (χ0) is 5.28. The van der Waals surface area contributed by atoms with Crippen LogP contribution in [0.3, 0.4) is 0 Å². The maximum absolute atomic E-state index is 5.26. The summed E-state index contributed by atoms with van der Waals surface area (Å²) in [7, 11) is 0. The molecule has 0 unspecified atom stereocenters. The Kier molecular flexibility index (Phi) is 1.30. The van der Waals surface area contributed by atoms with E-state index in [1.807, 2.05) is 0 Å². The fourth-order valence-electron chi connectivity index (χ4n) is 0.365. The van der Waals surface area contributed by atoms with Crippen molar-refractivity contribution in [1.82, 2.24) is 0 Å². The molecule has 0 saturated heterocycles. The summed E-state index contributed by atoms with van der Waals surface area (Å²) in [5, 5.41) is 3.53. The van der Waals surface area contributed by atoms with Crippen LogP contribution in [0.15, 0.2) is 5.16 Å². The van der Waals surface area contributed by atoms with Crippen LogP contribution in [0.5, 0.6) is 0 Å². The van der Waals surface area contributed by atoms with E-state index in [-0.39, 0.29) is 6.23 Å². The van der Waals surface area contributed by atoms with E-state index in [9.17, 15) is 0 Å². The summed E-state index contributed by atoms with van der Waals surface area (Å²) in [6.45, 7) is 0. The fraction of sp³-hybridized carbons (Fsp3) is 0.667. The average molecular weight is 165 g/mol. The van der Waals surface area contributed by atoms with Crippen molar-refractivity contribution in [3.8, 4) is 0 Å². The van der Waals surface area contributed by atoms with Gasteiger partial charge in [-0.15, -0.1) is 0 Å². The number of nitrogens with two attached hydrogens (primary N) is 1. The summed E-state index contributed by atoms with van der Waals surface area (Å²) < 4.78 is 0.792. The number of hydrogen-bond donors (Lipinski definition) is 1. The van der Waals surface area contributed by atoms with Crippen molar-refractivity contribution in [1.29, 1.82) is 0 Å². The minimum absolute atomic E-state index is 0.227. The third-order valence-electron chi connectivity index (χ3n) is 0.657. The molecule has 1 rings (SSSR count). The Balaban J connectivity index is 2.42. The maximum Gasteiger partial charge on any atom is 0.182 e. The van der Waals surface area contributed by atoms with Crippen molar-refractivity contribution in [3.05, 3.63) is 0 Å². The lowest BCUT2D eigenvalue weighted by Gasteiger charge is -1.93. The van der Waals surface area contributed by atoms with E-state index in [1.54, 1.807) is 0 Å². The second kappa shape index (κ2) is 1.79. The molecule has 0 spiro atoms. The molecule has 7 heavy (non-hydrogen) atoms. The van der Waals surface area contributed by atoms with Gasteiger partial charge in [0.15, 0.2) is 6.23 Å². The van der Waals surface area contributed by atoms with Gasteiger partial charge in [0.2, 0.25) is 0 Å². The second-order valence-corrected chi connectivity index (χ2v) is 2.23. The molecule has 0 fully saturated rings. The third-order valence-corrected chi connectivity index (χ3v) is 1.13. The molecule has 1 heterocycles. The van der Waals surface area contributed by atoms with Crippen molar-refractivity contribution in [2.75, 3.05) is 0 Å². The van der Waals surface area contributed by atoms with E-state index < -0.39 is 0 Å². The van der Waals surface area contributed by atoms with Crippen molar-refractivity contribution in [2.24, 2.45) is 10.9 Å². The van der Waals surface area contributed by atoms with E-state index in [0.717, 1.165) is 4.62 Å². The van der Waals surface area contributed by atoms with Crippen LogP contribution in [0.4, 0.5) is 0 Å². The highest BCUT2D eigenvalue weighted by Crippen LogP contribution is 2.08. The Bertz CT molecular complexity index is 103. The number of oxime groups is 1. The van der Waals surface area contributed by atoms with Crippen molar-refractivity contribution < 1.29 is 4.84 Å². The van der Waals surface area contributed by atoms with Crippen LogP contribution in [-0.2, 0) is 4.84 Å². The van der Waals surface area contributed by atoms with Gasteiger partial charge in [0.05, 0.1) is 6.42 Å².